The normalized spacial score (nSPS) is 15.1. The van der Waals surface area contributed by atoms with Crippen LogP contribution in [0.5, 0.6) is 0 Å². The fourth-order valence-corrected chi connectivity index (χ4v) is 5.06. The van der Waals surface area contributed by atoms with E-state index in [0.29, 0.717) is 29.7 Å². The number of halogens is 4. The highest BCUT2D eigenvalue weighted by Crippen LogP contribution is 2.35. The van der Waals surface area contributed by atoms with E-state index < -0.39 is 29.2 Å². The van der Waals surface area contributed by atoms with Crippen LogP contribution in [-0.4, -0.2) is 79.5 Å². The van der Waals surface area contributed by atoms with Gasteiger partial charge in [-0.3, -0.25) is 4.90 Å². The summed E-state index contributed by atoms with van der Waals surface area (Å²) < 4.78 is 58.4. The Kier molecular flexibility index (Phi) is 8.46. The molecule has 2 aromatic heterocycles. The number of likely N-dealkylation sites (N-methyl/N-ethyl adjacent to an activating group) is 1. The zero-order valence-corrected chi connectivity index (χ0v) is 24.4. The van der Waals surface area contributed by atoms with Crippen molar-refractivity contribution in [2.75, 3.05) is 49.6 Å². The van der Waals surface area contributed by atoms with Crippen molar-refractivity contribution in [2.24, 2.45) is 0 Å². The molecular formula is C29H33F4N9O2. The third kappa shape index (κ3) is 7.06. The summed E-state index contributed by atoms with van der Waals surface area (Å²) in [4.78, 5) is 25.0. The lowest BCUT2D eigenvalue weighted by Gasteiger charge is -2.33. The lowest BCUT2D eigenvalue weighted by atomic mass is 10.0. The maximum Gasteiger partial charge on any atom is 0.416 e. The van der Waals surface area contributed by atoms with Gasteiger partial charge >= 0.3 is 12.2 Å². The first-order valence-electron chi connectivity index (χ1n) is 13.9. The lowest BCUT2D eigenvalue weighted by Crippen LogP contribution is -2.44. The molecule has 0 aliphatic carbocycles. The van der Waals surface area contributed by atoms with E-state index in [-0.39, 0.29) is 41.5 Å². The van der Waals surface area contributed by atoms with Crippen molar-refractivity contribution < 1.29 is 27.5 Å². The second-order valence-electron chi connectivity index (χ2n) is 11.5. The van der Waals surface area contributed by atoms with Crippen LogP contribution >= 0.6 is 0 Å². The highest BCUT2D eigenvalue weighted by Gasteiger charge is 2.34. The average molecular weight is 616 g/mol. The molecule has 3 heterocycles. The van der Waals surface area contributed by atoms with Gasteiger partial charge in [-0.1, -0.05) is 12.1 Å². The van der Waals surface area contributed by atoms with Crippen molar-refractivity contribution in [2.45, 2.75) is 38.7 Å². The predicted molar refractivity (Wildman–Crippen MR) is 158 cm³/mol. The number of carbonyl (C=O) groups is 1. The molecule has 0 atom stereocenters. The molecule has 0 unspecified atom stereocenters. The van der Waals surface area contributed by atoms with Crippen LogP contribution in [0.15, 0.2) is 42.7 Å². The summed E-state index contributed by atoms with van der Waals surface area (Å²) in [6.07, 6.45) is -3.37. The Balaban J connectivity index is 1.33. The third-order valence-corrected chi connectivity index (χ3v) is 7.25. The number of urea groups is 1. The van der Waals surface area contributed by atoms with Gasteiger partial charge in [0.05, 0.1) is 28.8 Å². The van der Waals surface area contributed by atoms with Crippen molar-refractivity contribution in [1.29, 1.82) is 0 Å². The summed E-state index contributed by atoms with van der Waals surface area (Å²) in [5.41, 5.74) is 4.84. The van der Waals surface area contributed by atoms with Gasteiger partial charge in [0.1, 0.15) is 23.7 Å². The van der Waals surface area contributed by atoms with Gasteiger partial charge in [-0.2, -0.15) is 18.3 Å². The number of nitrogens with zero attached hydrogens (tertiary/aromatic N) is 6. The van der Waals surface area contributed by atoms with E-state index in [4.69, 9.17) is 5.73 Å². The minimum atomic E-state index is -4.63. The van der Waals surface area contributed by atoms with Crippen LogP contribution in [0.2, 0.25) is 0 Å². The first-order valence-corrected chi connectivity index (χ1v) is 13.9. The highest BCUT2D eigenvalue weighted by molar-refractivity contribution is 6.01. The number of nitrogen functional groups attached to an aromatic ring is 1. The Morgan fingerprint density at radius 3 is 2.43 bits per heavy atom. The van der Waals surface area contributed by atoms with Gasteiger partial charge in [-0.15, -0.1) is 0 Å². The minimum absolute atomic E-state index is 0.0785. The van der Waals surface area contributed by atoms with Gasteiger partial charge in [0.2, 0.25) is 0 Å². The number of anilines is 3. The van der Waals surface area contributed by atoms with Crippen LogP contribution < -0.4 is 16.4 Å². The summed E-state index contributed by atoms with van der Waals surface area (Å²) in [5.74, 6) is -0.710. The molecular weight excluding hydrogens is 582 g/mol. The smallest absolute Gasteiger partial charge is 0.389 e. The van der Waals surface area contributed by atoms with Crippen LogP contribution in [-0.2, 0) is 19.3 Å². The van der Waals surface area contributed by atoms with E-state index in [1.54, 1.807) is 13.8 Å². The zero-order chi connectivity index (χ0) is 31.8. The summed E-state index contributed by atoms with van der Waals surface area (Å²) in [5, 5.41) is 19.8. The van der Waals surface area contributed by atoms with Gasteiger partial charge in [0.15, 0.2) is 5.65 Å². The van der Waals surface area contributed by atoms with Gasteiger partial charge in [0.25, 0.3) is 0 Å². The summed E-state index contributed by atoms with van der Waals surface area (Å²) in [7, 11) is 1.97. The number of aromatic nitrogens is 4. The van der Waals surface area contributed by atoms with Crippen LogP contribution in [0.1, 0.15) is 25.0 Å². The topological polar surface area (TPSA) is 137 Å². The van der Waals surface area contributed by atoms with Crippen LogP contribution in [0.4, 0.5) is 39.5 Å². The van der Waals surface area contributed by atoms with Gasteiger partial charge in [-0.05, 0) is 50.7 Å². The molecule has 0 radical (unpaired) electrons. The number of benzene rings is 2. The molecule has 5 N–H and O–H groups in total. The van der Waals surface area contributed by atoms with Gasteiger partial charge in [0, 0.05) is 44.0 Å². The number of hydrogen-bond donors (Lipinski definition) is 4. The number of alkyl halides is 3. The third-order valence-electron chi connectivity index (χ3n) is 7.25. The molecule has 5 rings (SSSR count). The Labute approximate surface area is 250 Å². The average Bonchev–Trinajstić information content (AvgIpc) is 3.29. The second kappa shape index (κ2) is 12.0. The number of nitrogens with one attached hydrogen (secondary N) is 2. The highest BCUT2D eigenvalue weighted by atomic mass is 19.4. The monoisotopic (exact) mass is 615 g/mol. The Bertz CT molecular complexity index is 1680. The van der Waals surface area contributed by atoms with Crippen molar-refractivity contribution in [3.63, 3.8) is 0 Å². The van der Waals surface area contributed by atoms with E-state index in [2.05, 4.69) is 30.6 Å². The molecule has 1 fully saturated rings. The first kappa shape index (κ1) is 31.1. The number of fused-ring (bicyclic) bond motifs is 1. The zero-order valence-electron chi connectivity index (χ0n) is 24.4. The molecule has 1 saturated heterocycles. The number of nitrogens with two attached hydrogens (primary N) is 1. The fraction of sp³-hybridized carbons (Fsp3) is 0.379. The maximum atomic E-state index is 15.2. The molecule has 1 aliphatic heterocycles. The van der Waals surface area contributed by atoms with Crippen LogP contribution in [0, 0.1) is 5.82 Å². The minimum Gasteiger partial charge on any atom is -0.389 e. The number of carbonyl (C=O) groups excluding carboxylic acids is 1. The van der Waals surface area contributed by atoms with Crippen LogP contribution in [0.25, 0.3) is 22.3 Å². The summed E-state index contributed by atoms with van der Waals surface area (Å²) >= 11 is 0. The van der Waals surface area contributed by atoms with E-state index in [1.165, 1.54) is 35.3 Å². The number of hydrogen-bond acceptors (Lipinski definition) is 8. The number of aliphatic hydroxyl groups is 1. The van der Waals surface area contributed by atoms with Gasteiger partial charge < -0.3 is 26.4 Å². The molecule has 1 aliphatic rings. The molecule has 11 nitrogen and oxygen atoms in total. The summed E-state index contributed by atoms with van der Waals surface area (Å²) in [6, 6.07) is 6.62. The molecule has 234 valence electrons. The van der Waals surface area contributed by atoms with E-state index in [0.717, 1.165) is 25.2 Å². The van der Waals surface area contributed by atoms with E-state index in [1.807, 2.05) is 11.9 Å². The Morgan fingerprint density at radius 1 is 1.05 bits per heavy atom. The number of piperazine rings is 1. The van der Waals surface area contributed by atoms with Crippen molar-refractivity contribution >= 4 is 34.3 Å². The Morgan fingerprint density at radius 2 is 1.77 bits per heavy atom. The largest absolute Gasteiger partial charge is 0.416 e. The quantitative estimate of drug-likeness (QED) is 0.225. The molecule has 0 spiro atoms. The molecule has 15 heteroatoms. The van der Waals surface area contributed by atoms with Crippen molar-refractivity contribution in [3.05, 3.63) is 59.7 Å². The molecule has 0 bridgehead atoms. The number of amides is 2. The predicted octanol–water partition coefficient (Wildman–Crippen LogP) is 4.40. The van der Waals surface area contributed by atoms with Crippen molar-refractivity contribution in [3.8, 4) is 11.3 Å². The molecule has 4 aromatic rings. The van der Waals surface area contributed by atoms with Crippen LogP contribution in [0.3, 0.4) is 0 Å². The molecule has 0 saturated carbocycles. The number of rotatable bonds is 7. The molecule has 2 aromatic carbocycles. The van der Waals surface area contributed by atoms with E-state index in [9.17, 15) is 23.1 Å². The standard InChI is InChI=1S/C29H33F4N9O2/c1-28(2,44)15-42-26-23(25(34)35-16-36-26)24(39-42)17-5-7-22(21(30)12-17)38-27(43)37-19-6-4-18(20(13-19)29(31,32)33)14-41-10-8-40(3)9-11-41/h4-7,12-13,16,44H,8-11,14-15H2,1-3H3,(H2,34,35,36)(H2,37,38,43). The molecule has 2 amide bonds. The second-order valence-corrected chi connectivity index (χ2v) is 11.5. The first-order chi connectivity index (χ1) is 20.7. The Hall–Kier alpha value is -4.34. The summed E-state index contributed by atoms with van der Waals surface area (Å²) in [6.45, 7) is 6.25. The lowest BCUT2D eigenvalue weighted by molar-refractivity contribution is -0.138. The fourth-order valence-electron chi connectivity index (χ4n) is 5.06. The maximum absolute atomic E-state index is 15.2. The van der Waals surface area contributed by atoms with Crippen molar-refractivity contribution in [1.82, 2.24) is 29.5 Å². The molecule has 44 heavy (non-hydrogen) atoms. The van der Waals surface area contributed by atoms with E-state index >= 15 is 4.39 Å². The van der Waals surface area contributed by atoms with Gasteiger partial charge in [-0.25, -0.2) is 23.8 Å². The SMILES string of the molecule is CN1CCN(Cc2ccc(NC(=O)Nc3ccc(-c4nn(CC(C)(C)O)c5ncnc(N)c45)cc3F)cc2C(F)(F)F)CC1.